The average Bonchev–Trinajstić information content (AvgIpc) is 2.72. The molecule has 0 aromatic heterocycles. The summed E-state index contributed by atoms with van der Waals surface area (Å²) in [5.41, 5.74) is 3.79. The van der Waals surface area contributed by atoms with Crippen LogP contribution in [0, 0.1) is 0 Å². The van der Waals surface area contributed by atoms with Crippen LogP contribution in [-0.2, 0) is 11.2 Å². The highest BCUT2D eigenvalue weighted by molar-refractivity contribution is 6.30. The molecular formula is C22H24ClN3O2. The summed E-state index contributed by atoms with van der Waals surface area (Å²) >= 11 is 6.09. The van der Waals surface area contributed by atoms with Crippen LogP contribution in [0.4, 0.5) is 11.4 Å². The van der Waals surface area contributed by atoms with Gasteiger partial charge in [-0.2, -0.15) is 0 Å². The second-order valence-corrected chi connectivity index (χ2v) is 7.84. The molecule has 0 atom stereocenters. The molecule has 4 rings (SSSR count). The van der Waals surface area contributed by atoms with Gasteiger partial charge in [0.05, 0.1) is 0 Å². The summed E-state index contributed by atoms with van der Waals surface area (Å²) in [6, 6.07) is 13.6. The van der Waals surface area contributed by atoms with Crippen molar-refractivity contribution in [2.45, 2.75) is 19.3 Å². The minimum atomic E-state index is 0.0449. The van der Waals surface area contributed by atoms with Crippen molar-refractivity contribution in [2.75, 3.05) is 42.9 Å². The Kier molecular flexibility index (Phi) is 5.64. The fraction of sp³-hybridized carbons (Fsp3) is 0.364. The van der Waals surface area contributed by atoms with Gasteiger partial charge in [0, 0.05) is 67.5 Å². The fourth-order valence-corrected chi connectivity index (χ4v) is 4.05. The molecule has 146 valence electrons. The molecule has 0 bridgehead atoms. The van der Waals surface area contributed by atoms with Crippen molar-refractivity contribution in [1.82, 2.24) is 4.90 Å². The van der Waals surface area contributed by atoms with E-state index in [-0.39, 0.29) is 11.7 Å². The molecule has 1 N–H and O–H groups in total. The summed E-state index contributed by atoms with van der Waals surface area (Å²) in [4.78, 5) is 28.8. The Morgan fingerprint density at radius 3 is 2.64 bits per heavy atom. The molecule has 0 unspecified atom stereocenters. The standard InChI is InChI=1S/C22H24ClN3O2/c23-18-2-1-3-19(15-18)26-12-10-25(11-13-26)9-8-21(27)17-4-6-20-16(14-17)5-7-22(28)24-20/h1-4,6,14-15H,5,7-13H2,(H,24,28). The normalized spacial score (nSPS) is 17.2. The van der Waals surface area contributed by atoms with E-state index in [2.05, 4.69) is 21.2 Å². The van der Waals surface area contributed by atoms with Gasteiger partial charge >= 0.3 is 0 Å². The topological polar surface area (TPSA) is 52.7 Å². The number of Topliss-reactive ketones (excluding diaryl/α,β-unsaturated/α-hetero) is 1. The average molecular weight is 398 g/mol. The summed E-state index contributed by atoms with van der Waals surface area (Å²) in [5, 5.41) is 3.62. The Morgan fingerprint density at radius 1 is 1.04 bits per heavy atom. The number of halogens is 1. The Hall–Kier alpha value is -2.37. The van der Waals surface area contributed by atoms with Gasteiger partial charge in [0.25, 0.3) is 0 Å². The van der Waals surface area contributed by atoms with Crippen LogP contribution < -0.4 is 10.2 Å². The van der Waals surface area contributed by atoms with Gasteiger partial charge in [-0.25, -0.2) is 0 Å². The van der Waals surface area contributed by atoms with Crippen LogP contribution in [0.15, 0.2) is 42.5 Å². The Bertz CT molecular complexity index is 891. The zero-order valence-electron chi connectivity index (χ0n) is 15.8. The maximum Gasteiger partial charge on any atom is 0.224 e. The van der Waals surface area contributed by atoms with Crippen LogP contribution in [-0.4, -0.2) is 49.3 Å². The first-order valence-corrected chi connectivity index (χ1v) is 10.2. The van der Waals surface area contributed by atoms with E-state index in [1.807, 2.05) is 36.4 Å². The molecule has 2 aliphatic heterocycles. The number of nitrogens with one attached hydrogen (secondary N) is 1. The highest BCUT2D eigenvalue weighted by atomic mass is 35.5. The first-order valence-electron chi connectivity index (χ1n) is 9.77. The van der Waals surface area contributed by atoms with E-state index in [0.717, 1.165) is 60.2 Å². The first-order chi connectivity index (χ1) is 13.6. The molecule has 28 heavy (non-hydrogen) atoms. The van der Waals surface area contributed by atoms with E-state index in [0.29, 0.717) is 19.3 Å². The smallest absolute Gasteiger partial charge is 0.224 e. The monoisotopic (exact) mass is 397 g/mol. The molecule has 2 aliphatic rings. The molecular weight excluding hydrogens is 374 g/mol. The molecule has 0 radical (unpaired) electrons. The minimum absolute atomic E-state index is 0.0449. The Labute approximate surface area is 170 Å². The third-order valence-electron chi connectivity index (χ3n) is 5.52. The Morgan fingerprint density at radius 2 is 1.86 bits per heavy atom. The van der Waals surface area contributed by atoms with Crippen molar-refractivity contribution in [2.24, 2.45) is 0 Å². The molecule has 0 aliphatic carbocycles. The van der Waals surface area contributed by atoms with Gasteiger partial charge in [-0.15, -0.1) is 0 Å². The van der Waals surface area contributed by atoms with Gasteiger partial charge in [0.15, 0.2) is 5.78 Å². The summed E-state index contributed by atoms with van der Waals surface area (Å²) in [6.45, 7) is 4.53. The van der Waals surface area contributed by atoms with Gasteiger partial charge < -0.3 is 10.2 Å². The summed E-state index contributed by atoms with van der Waals surface area (Å²) in [5.74, 6) is 0.209. The van der Waals surface area contributed by atoms with Crippen LogP contribution in [0.5, 0.6) is 0 Å². The van der Waals surface area contributed by atoms with Gasteiger partial charge in [0.1, 0.15) is 0 Å². The number of nitrogens with zero attached hydrogens (tertiary/aromatic N) is 2. The number of aryl methyl sites for hydroxylation is 1. The summed E-state index contributed by atoms with van der Waals surface area (Å²) in [6.07, 6.45) is 1.71. The number of benzene rings is 2. The number of ketones is 1. The van der Waals surface area contributed by atoms with Crippen molar-refractivity contribution in [3.63, 3.8) is 0 Å². The number of hydrogen-bond donors (Lipinski definition) is 1. The zero-order chi connectivity index (χ0) is 19.5. The highest BCUT2D eigenvalue weighted by Gasteiger charge is 2.20. The Balaban J connectivity index is 1.28. The molecule has 2 aromatic carbocycles. The lowest BCUT2D eigenvalue weighted by molar-refractivity contribution is -0.116. The molecule has 1 saturated heterocycles. The lowest BCUT2D eigenvalue weighted by Crippen LogP contribution is -2.46. The maximum atomic E-state index is 12.6. The number of carbonyl (C=O) groups excluding carboxylic acids is 2. The van der Waals surface area contributed by atoms with E-state index < -0.39 is 0 Å². The largest absolute Gasteiger partial charge is 0.369 e. The first kappa shape index (κ1) is 19.0. The second-order valence-electron chi connectivity index (χ2n) is 7.40. The lowest BCUT2D eigenvalue weighted by atomic mass is 9.98. The van der Waals surface area contributed by atoms with Crippen molar-refractivity contribution < 1.29 is 9.59 Å². The van der Waals surface area contributed by atoms with Crippen molar-refractivity contribution >= 4 is 34.7 Å². The number of rotatable bonds is 5. The van der Waals surface area contributed by atoms with Gasteiger partial charge in [-0.05, 0) is 48.4 Å². The zero-order valence-corrected chi connectivity index (χ0v) is 16.5. The van der Waals surface area contributed by atoms with Crippen LogP contribution in [0.3, 0.4) is 0 Å². The molecule has 6 heteroatoms. The van der Waals surface area contributed by atoms with Crippen molar-refractivity contribution in [3.05, 3.63) is 58.6 Å². The quantitative estimate of drug-likeness (QED) is 0.783. The third-order valence-corrected chi connectivity index (χ3v) is 5.76. The SMILES string of the molecule is O=C1CCc2cc(C(=O)CCN3CCN(c4cccc(Cl)c4)CC3)ccc2N1. The number of carbonyl (C=O) groups is 2. The fourth-order valence-electron chi connectivity index (χ4n) is 3.86. The van der Waals surface area contributed by atoms with Crippen LogP contribution in [0.1, 0.15) is 28.8 Å². The number of anilines is 2. The van der Waals surface area contributed by atoms with Gasteiger partial charge in [-0.1, -0.05) is 17.7 Å². The maximum absolute atomic E-state index is 12.6. The van der Waals surface area contributed by atoms with Crippen LogP contribution >= 0.6 is 11.6 Å². The second kappa shape index (κ2) is 8.33. The van der Waals surface area contributed by atoms with Crippen molar-refractivity contribution in [3.8, 4) is 0 Å². The summed E-state index contributed by atoms with van der Waals surface area (Å²) < 4.78 is 0. The van der Waals surface area contributed by atoms with E-state index in [9.17, 15) is 9.59 Å². The molecule has 0 spiro atoms. The van der Waals surface area contributed by atoms with Gasteiger partial charge in [-0.3, -0.25) is 14.5 Å². The number of amides is 1. The molecule has 2 heterocycles. The number of piperazine rings is 1. The van der Waals surface area contributed by atoms with Crippen LogP contribution in [0.25, 0.3) is 0 Å². The van der Waals surface area contributed by atoms with E-state index in [1.165, 1.54) is 0 Å². The molecule has 2 aromatic rings. The van der Waals surface area contributed by atoms with E-state index >= 15 is 0 Å². The van der Waals surface area contributed by atoms with Crippen LogP contribution in [0.2, 0.25) is 5.02 Å². The molecule has 5 nitrogen and oxygen atoms in total. The van der Waals surface area contributed by atoms with E-state index in [1.54, 1.807) is 0 Å². The highest BCUT2D eigenvalue weighted by Crippen LogP contribution is 2.24. The predicted octanol–water partition coefficient (Wildman–Crippen LogP) is 3.62. The number of hydrogen-bond acceptors (Lipinski definition) is 4. The summed E-state index contributed by atoms with van der Waals surface area (Å²) in [7, 11) is 0. The molecule has 1 amide bonds. The molecule has 1 fully saturated rings. The number of fused-ring (bicyclic) bond motifs is 1. The predicted molar refractivity (Wildman–Crippen MR) is 112 cm³/mol. The minimum Gasteiger partial charge on any atom is -0.369 e. The van der Waals surface area contributed by atoms with E-state index in [4.69, 9.17) is 11.6 Å². The third kappa shape index (κ3) is 4.37. The van der Waals surface area contributed by atoms with Crippen molar-refractivity contribution in [1.29, 1.82) is 0 Å². The lowest BCUT2D eigenvalue weighted by Gasteiger charge is -2.36. The molecule has 0 saturated carbocycles. The van der Waals surface area contributed by atoms with Gasteiger partial charge in [0.2, 0.25) is 5.91 Å².